The van der Waals surface area contributed by atoms with Crippen molar-refractivity contribution in [3.63, 3.8) is 0 Å². The van der Waals surface area contributed by atoms with Crippen LogP contribution in [-0.2, 0) is 20.0 Å². The number of aromatic carboxylic acids is 1. The van der Waals surface area contributed by atoms with E-state index in [1.165, 1.54) is 18.2 Å². The molecule has 0 unspecified atom stereocenters. The lowest BCUT2D eigenvalue weighted by atomic mass is 10.1. The molecule has 0 bridgehead atoms. The van der Waals surface area contributed by atoms with Crippen molar-refractivity contribution in [1.29, 1.82) is 0 Å². The maximum absolute atomic E-state index is 12.6. The number of anilines is 1. The van der Waals surface area contributed by atoms with Gasteiger partial charge >= 0.3 is 0 Å². The first-order valence-corrected chi connectivity index (χ1v) is 9.93. The van der Waals surface area contributed by atoms with E-state index in [-0.39, 0.29) is 21.0 Å². The van der Waals surface area contributed by atoms with Crippen molar-refractivity contribution in [3.05, 3.63) is 53.1 Å². The summed E-state index contributed by atoms with van der Waals surface area (Å²) >= 11 is 0. The number of rotatable bonds is 5. The topological polar surface area (TPSA) is 146 Å². The van der Waals surface area contributed by atoms with Gasteiger partial charge in [-0.1, -0.05) is 0 Å². The second kappa shape index (κ2) is 6.47. The van der Waals surface area contributed by atoms with Crippen LogP contribution in [0.1, 0.15) is 21.5 Å². The molecule has 134 valence electrons. The maximum atomic E-state index is 12.6. The quantitative estimate of drug-likeness (QED) is 0.749. The van der Waals surface area contributed by atoms with Crippen LogP contribution < -0.4 is 15.0 Å². The molecule has 0 aliphatic carbocycles. The second-order valence-corrected chi connectivity index (χ2v) is 8.59. The molecular weight excluding hydrogens is 368 g/mol. The highest BCUT2D eigenvalue weighted by molar-refractivity contribution is 7.92. The average Bonchev–Trinajstić information content (AvgIpc) is 2.48. The molecule has 10 heteroatoms. The Morgan fingerprint density at radius 1 is 1.04 bits per heavy atom. The van der Waals surface area contributed by atoms with E-state index in [0.29, 0.717) is 11.1 Å². The number of hydrogen-bond acceptors (Lipinski definition) is 6. The van der Waals surface area contributed by atoms with Crippen molar-refractivity contribution in [2.45, 2.75) is 23.6 Å². The molecule has 25 heavy (non-hydrogen) atoms. The van der Waals surface area contributed by atoms with E-state index in [1.54, 1.807) is 13.8 Å². The Bertz CT molecular complexity index is 1040. The molecule has 3 N–H and O–H groups in total. The average molecular weight is 383 g/mol. The lowest BCUT2D eigenvalue weighted by Crippen LogP contribution is -2.24. The molecule has 2 aromatic carbocycles. The molecule has 0 spiro atoms. The number of carboxylic acid groups (broad SMARTS) is 1. The van der Waals surface area contributed by atoms with Crippen molar-refractivity contribution in [3.8, 4) is 0 Å². The summed E-state index contributed by atoms with van der Waals surface area (Å²) in [4.78, 5) is 10.7. The molecule has 8 nitrogen and oxygen atoms in total. The number of nitrogens with two attached hydrogens (primary N) is 1. The summed E-state index contributed by atoms with van der Waals surface area (Å²) in [6, 6.07) is 7.12. The first-order chi connectivity index (χ1) is 11.4. The molecule has 0 atom stereocenters. The fourth-order valence-electron chi connectivity index (χ4n) is 2.15. The third-order valence-electron chi connectivity index (χ3n) is 3.58. The first kappa shape index (κ1) is 18.9. The number of hydrogen-bond donors (Lipinski definition) is 2. The largest absolute Gasteiger partial charge is 0.545 e. The highest BCUT2D eigenvalue weighted by Gasteiger charge is 2.20. The molecule has 0 radical (unpaired) electrons. The molecule has 0 saturated heterocycles. The van der Waals surface area contributed by atoms with Crippen LogP contribution in [0.2, 0.25) is 0 Å². The minimum Gasteiger partial charge on any atom is -0.545 e. The summed E-state index contributed by atoms with van der Waals surface area (Å²) in [5, 5.41) is 16.0. The van der Waals surface area contributed by atoms with Gasteiger partial charge in [0.2, 0.25) is 10.0 Å². The van der Waals surface area contributed by atoms with Gasteiger partial charge in [-0.3, -0.25) is 4.72 Å². The van der Waals surface area contributed by atoms with Gasteiger partial charge in [0.25, 0.3) is 10.0 Å². The van der Waals surface area contributed by atoms with Crippen LogP contribution in [0.25, 0.3) is 0 Å². The zero-order valence-electron chi connectivity index (χ0n) is 13.3. The van der Waals surface area contributed by atoms with Crippen LogP contribution in [0.5, 0.6) is 0 Å². The Hall–Kier alpha value is -2.43. The van der Waals surface area contributed by atoms with Crippen LogP contribution in [0, 0.1) is 13.8 Å². The summed E-state index contributed by atoms with van der Waals surface area (Å²) in [6.07, 6.45) is 0. The van der Waals surface area contributed by atoms with Crippen LogP contribution in [0.4, 0.5) is 5.69 Å². The third kappa shape index (κ3) is 4.16. The number of sulfonamides is 2. The molecule has 2 aromatic rings. The van der Waals surface area contributed by atoms with Crippen molar-refractivity contribution in [1.82, 2.24) is 0 Å². The fourth-order valence-corrected chi connectivity index (χ4v) is 4.06. The number of primary sulfonamides is 1. The number of carbonyl (C=O) groups excluding carboxylic acids is 1. The molecule has 0 aliphatic heterocycles. The predicted molar refractivity (Wildman–Crippen MR) is 88.9 cm³/mol. The molecule has 0 amide bonds. The number of aryl methyl sites for hydroxylation is 1. The second-order valence-electron chi connectivity index (χ2n) is 5.38. The smallest absolute Gasteiger partial charge is 0.262 e. The summed E-state index contributed by atoms with van der Waals surface area (Å²) in [5.41, 5.74) is 0.710. The van der Waals surface area contributed by atoms with Gasteiger partial charge in [-0.05, 0) is 66.9 Å². The Morgan fingerprint density at radius 2 is 1.60 bits per heavy atom. The van der Waals surface area contributed by atoms with E-state index in [2.05, 4.69) is 4.72 Å². The zero-order chi connectivity index (χ0) is 19.0. The van der Waals surface area contributed by atoms with E-state index in [1.807, 2.05) is 0 Å². The molecule has 0 heterocycles. The van der Waals surface area contributed by atoms with Crippen LogP contribution in [0.3, 0.4) is 0 Å². The number of benzene rings is 2. The number of carboxylic acids is 1. The Kier molecular flexibility index (Phi) is 4.89. The van der Waals surface area contributed by atoms with E-state index in [0.717, 1.165) is 18.2 Å². The Balaban J connectivity index is 2.45. The highest BCUT2D eigenvalue weighted by atomic mass is 32.2. The maximum Gasteiger partial charge on any atom is 0.262 e. The van der Waals surface area contributed by atoms with Crippen molar-refractivity contribution >= 4 is 31.7 Å². The van der Waals surface area contributed by atoms with E-state index in [4.69, 9.17) is 5.14 Å². The van der Waals surface area contributed by atoms with Gasteiger partial charge in [0.1, 0.15) is 0 Å². The van der Waals surface area contributed by atoms with Gasteiger partial charge in [-0.2, -0.15) is 0 Å². The summed E-state index contributed by atoms with van der Waals surface area (Å²) in [6.45, 7) is 3.13. The normalized spacial score (nSPS) is 12.0. The van der Waals surface area contributed by atoms with Crippen molar-refractivity contribution in [2.75, 3.05) is 4.72 Å². The molecule has 0 saturated carbocycles. The van der Waals surface area contributed by atoms with Crippen LogP contribution >= 0.6 is 0 Å². The van der Waals surface area contributed by atoms with E-state index < -0.39 is 26.0 Å². The van der Waals surface area contributed by atoms with Crippen LogP contribution in [0.15, 0.2) is 46.2 Å². The van der Waals surface area contributed by atoms with Crippen molar-refractivity contribution in [2.24, 2.45) is 5.14 Å². The predicted octanol–water partition coefficient (Wildman–Crippen LogP) is 0.115. The molecule has 0 aromatic heterocycles. The minimum atomic E-state index is -4.09. The first-order valence-electron chi connectivity index (χ1n) is 6.90. The fraction of sp³-hybridized carbons (Fsp3) is 0.133. The van der Waals surface area contributed by atoms with Gasteiger partial charge in [0.05, 0.1) is 15.8 Å². The van der Waals surface area contributed by atoms with Gasteiger partial charge in [-0.25, -0.2) is 22.0 Å². The van der Waals surface area contributed by atoms with Crippen molar-refractivity contribution < 1.29 is 26.7 Å². The standard InChI is InChI=1S/C15H16N2O6S2/c1-9-7-11(15(18)19)8-14(10(9)2)25(22,23)17-12-3-5-13(6-4-12)24(16,20)21/h3-8,17H,1-2H3,(H,18,19)(H2,16,20,21)/p-1. The van der Waals surface area contributed by atoms with Gasteiger partial charge in [0, 0.05) is 5.69 Å². The lowest BCUT2D eigenvalue weighted by molar-refractivity contribution is -0.255. The van der Waals surface area contributed by atoms with E-state index >= 15 is 0 Å². The van der Waals surface area contributed by atoms with Gasteiger partial charge in [0.15, 0.2) is 0 Å². The minimum absolute atomic E-state index is 0.100. The summed E-state index contributed by atoms with van der Waals surface area (Å²) in [5.74, 6) is -1.49. The number of carbonyl (C=O) groups is 1. The molecule has 0 fully saturated rings. The molecule has 2 rings (SSSR count). The third-order valence-corrected chi connectivity index (χ3v) is 6.02. The van der Waals surface area contributed by atoms with E-state index in [9.17, 15) is 26.7 Å². The van der Waals surface area contributed by atoms with Crippen LogP contribution in [-0.4, -0.2) is 22.8 Å². The van der Waals surface area contributed by atoms with Gasteiger partial charge < -0.3 is 9.90 Å². The SMILES string of the molecule is Cc1cc(C(=O)[O-])cc(S(=O)(=O)Nc2ccc(S(N)(=O)=O)cc2)c1C. The highest BCUT2D eigenvalue weighted by Crippen LogP contribution is 2.24. The lowest BCUT2D eigenvalue weighted by Gasteiger charge is -2.15. The number of nitrogens with one attached hydrogen (secondary N) is 1. The summed E-state index contributed by atoms with van der Waals surface area (Å²) in [7, 11) is -7.99. The Labute approximate surface area is 145 Å². The molecular formula is C15H15N2O6S2-. The monoisotopic (exact) mass is 383 g/mol. The Morgan fingerprint density at radius 3 is 2.08 bits per heavy atom. The van der Waals surface area contributed by atoms with Gasteiger partial charge in [-0.15, -0.1) is 0 Å². The molecule has 0 aliphatic rings. The summed E-state index contributed by atoms with van der Waals surface area (Å²) < 4.78 is 49.8. The zero-order valence-corrected chi connectivity index (χ0v) is 14.9.